The molecule has 1 aromatic carbocycles. The highest BCUT2D eigenvalue weighted by atomic mass is 32.2. The van der Waals surface area contributed by atoms with Crippen LogP contribution in [0.25, 0.3) is 5.69 Å². The zero-order valence-corrected chi connectivity index (χ0v) is 12.8. The van der Waals surface area contributed by atoms with E-state index in [-0.39, 0.29) is 5.91 Å². The number of rotatable bonds is 7. The number of hydrogen-bond donors (Lipinski definition) is 1. The molecule has 112 valence electrons. The topological polar surface area (TPSA) is 81.9 Å². The Morgan fingerprint density at radius 3 is 3.10 bits per heavy atom. The van der Waals surface area contributed by atoms with Crippen molar-refractivity contribution in [1.82, 2.24) is 20.2 Å². The molecule has 0 aliphatic rings. The lowest BCUT2D eigenvalue weighted by Crippen LogP contribution is -2.07. The molecule has 0 saturated heterocycles. The van der Waals surface area contributed by atoms with E-state index in [9.17, 15) is 4.79 Å². The van der Waals surface area contributed by atoms with Gasteiger partial charge in [-0.2, -0.15) is 4.68 Å². The van der Waals surface area contributed by atoms with Gasteiger partial charge in [0.1, 0.15) is 0 Å². The number of tetrazole rings is 1. The predicted molar refractivity (Wildman–Crippen MR) is 80.7 cm³/mol. The number of hydrogen-bond acceptors (Lipinski definition) is 6. The Morgan fingerprint density at radius 2 is 2.33 bits per heavy atom. The normalized spacial score (nSPS) is 10.6. The molecular weight excluding hydrogens is 290 g/mol. The molecule has 0 aliphatic carbocycles. The fraction of sp³-hybridized carbons (Fsp3) is 0.385. The van der Waals surface area contributed by atoms with Crippen molar-refractivity contribution < 1.29 is 9.53 Å². The molecule has 1 amide bonds. The molecule has 0 unspecified atom stereocenters. The lowest BCUT2D eigenvalue weighted by molar-refractivity contribution is -0.114. The Balaban J connectivity index is 2.11. The molecule has 0 fully saturated rings. The van der Waals surface area contributed by atoms with Crippen LogP contribution in [0.4, 0.5) is 5.69 Å². The molecule has 1 heterocycles. The van der Waals surface area contributed by atoms with E-state index >= 15 is 0 Å². The fourth-order valence-electron chi connectivity index (χ4n) is 1.69. The van der Waals surface area contributed by atoms with Gasteiger partial charge >= 0.3 is 0 Å². The molecule has 2 aromatic rings. The van der Waals surface area contributed by atoms with Gasteiger partial charge in [0.2, 0.25) is 11.1 Å². The van der Waals surface area contributed by atoms with Gasteiger partial charge in [0.25, 0.3) is 0 Å². The van der Waals surface area contributed by atoms with Gasteiger partial charge in [0.05, 0.1) is 12.3 Å². The van der Waals surface area contributed by atoms with Gasteiger partial charge in [-0.3, -0.25) is 4.79 Å². The lowest BCUT2D eigenvalue weighted by Gasteiger charge is -2.07. The van der Waals surface area contributed by atoms with Crippen LogP contribution in [0.3, 0.4) is 0 Å². The third kappa shape index (κ3) is 4.54. The average Bonchev–Trinajstić information content (AvgIpc) is 2.91. The summed E-state index contributed by atoms with van der Waals surface area (Å²) in [5.41, 5.74) is 1.51. The van der Waals surface area contributed by atoms with E-state index in [4.69, 9.17) is 4.74 Å². The van der Waals surface area contributed by atoms with Crippen LogP contribution >= 0.6 is 11.8 Å². The van der Waals surface area contributed by atoms with Gasteiger partial charge in [0, 0.05) is 25.0 Å². The second-order valence-corrected chi connectivity index (χ2v) is 5.21. The Kier molecular flexibility index (Phi) is 5.70. The van der Waals surface area contributed by atoms with Crippen molar-refractivity contribution in [1.29, 1.82) is 0 Å². The van der Waals surface area contributed by atoms with Crippen molar-refractivity contribution in [2.45, 2.75) is 19.0 Å². The van der Waals surface area contributed by atoms with Gasteiger partial charge in [0.15, 0.2) is 0 Å². The van der Waals surface area contributed by atoms with Crippen molar-refractivity contribution in [3.63, 3.8) is 0 Å². The number of ether oxygens (including phenoxy) is 1. The van der Waals surface area contributed by atoms with Crippen molar-refractivity contribution in [3.05, 3.63) is 24.3 Å². The SMILES string of the molecule is CCOCCSc1nnnn1-c1cccc(NC(C)=O)c1. The van der Waals surface area contributed by atoms with E-state index < -0.39 is 0 Å². The first kappa shape index (κ1) is 15.5. The lowest BCUT2D eigenvalue weighted by atomic mass is 10.3. The predicted octanol–water partition coefficient (Wildman–Crippen LogP) is 1.75. The van der Waals surface area contributed by atoms with Crippen LogP contribution < -0.4 is 5.32 Å². The van der Waals surface area contributed by atoms with Crippen LogP contribution in [0.2, 0.25) is 0 Å². The minimum absolute atomic E-state index is 0.116. The molecule has 1 N–H and O–H groups in total. The molecule has 2 rings (SSSR count). The second-order valence-electron chi connectivity index (χ2n) is 4.15. The zero-order chi connectivity index (χ0) is 15.1. The number of nitrogens with zero attached hydrogens (tertiary/aromatic N) is 4. The van der Waals surface area contributed by atoms with Crippen molar-refractivity contribution in [2.24, 2.45) is 0 Å². The number of amides is 1. The molecule has 0 spiro atoms. The van der Waals surface area contributed by atoms with Gasteiger partial charge < -0.3 is 10.1 Å². The number of carbonyl (C=O) groups excluding carboxylic acids is 1. The van der Waals surface area contributed by atoms with E-state index in [0.717, 1.165) is 11.4 Å². The highest BCUT2D eigenvalue weighted by molar-refractivity contribution is 7.99. The third-order valence-electron chi connectivity index (χ3n) is 2.51. The Bertz CT molecular complexity index is 602. The van der Waals surface area contributed by atoms with Gasteiger partial charge in [-0.15, -0.1) is 5.10 Å². The quantitative estimate of drug-likeness (QED) is 0.620. The highest BCUT2D eigenvalue weighted by Gasteiger charge is 2.09. The van der Waals surface area contributed by atoms with Crippen LogP contribution in [-0.4, -0.2) is 45.1 Å². The maximum absolute atomic E-state index is 11.1. The van der Waals surface area contributed by atoms with Crippen LogP contribution in [0.5, 0.6) is 0 Å². The molecule has 0 radical (unpaired) electrons. The van der Waals surface area contributed by atoms with Crippen LogP contribution in [0, 0.1) is 0 Å². The summed E-state index contributed by atoms with van der Waals surface area (Å²) < 4.78 is 6.93. The molecule has 0 saturated carbocycles. The maximum Gasteiger partial charge on any atom is 0.221 e. The van der Waals surface area contributed by atoms with E-state index in [1.54, 1.807) is 4.68 Å². The monoisotopic (exact) mass is 307 g/mol. The van der Waals surface area contributed by atoms with E-state index in [1.807, 2.05) is 31.2 Å². The number of nitrogens with one attached hydrogen (secondary N) is 1. The molecule has 7 nitrogen and oxygen atoms in total. The molecule has 21 heavy (non-hydrogen) atoms. The number of carbonyl (C=O) groups is 1. The molecule has 0 atom stereocenters. The average molecular weight is 307 g/mol. The van der Waals surface area contributed by atoms with Crippen LogP contribution in [0.1, 0.15) is 13.8 Å². The van der Waals surface area contributed by atoms with E-state index in [1.165, 1.54) is 18.7 Å². The number of thioether (sulfide) groups is 1. The molecule has 8 heteroatoms. The van der Waals surface area contributed by atoms with Crippen molar-refractivity contribution in [2.75, 3.05) is 24.3 Å². The maximum atomic E-state index is 11.1. The van der Waals surface area contributed by atoms with E-state index in [0.29, 0.717) is 24.1 Å². The summed E-state index contributed by atoms with van der Waals surface area (Å²) >= 11 is 1.52. The first-order valence-electron chi connectivity index (χ1n) is 6.57. The fourth-order valence-corrected chi connectivity index (χ4v) is 2.43. The first-order valence-corrected chi connectivity index (χ1v) is 7.56. The smallest absolute Gasteiger partial charge is 0.221 e. The van der Waals surface area contributed by atoms with Crippen molar-refractivity contribution >= 4 is 23.4 Å². The van der Waals surface area contributed by atoms with Gasteiger partial charge in [-0.05, 0) is 35.5 Å². The summed E-state index contributed by atoms with van der Waals surface area (Å²) in [6, 6.07) is 7.37. The standard InChI is InChI=1S/C13H17N5O2S/c1-3-20-7-8-21-13-15-16-17-18(13)12-6-4-5-11(9-12)14-10(2)19/h4-6,9H,3,7-8H2,1-2H3,(H,14,19). The van der Waals surface area contributed by atoms with Crippen LogP contribution in [0.15, 0.2) is 29.4 Å². The Morgan fingerprint density at radius 1 is 1.48 bits per heavy atom. The number of anilines is 1. The summed E-state index contributed by atoms with van der Waals surface area (Å²) in [5.74, 6) is 0.662. The molecule has 1 aromatic heterocycles. The number of aromatic nitrogens is 4. The first-order chi connectivity index (χ1) is 10.2. The van der Waals surface area contributed by atoms with Gasteiger partial charge in [-0.1, -0.05) is 17.8 Å². The second kappa shape index (κ2) is 7.75. The van der Waals surface area contributed by atoms with Crippen LogP contribution in [-0.2, 0) is 9.53 Å². The number of benzene rings is 1. The third-order valence-corrected chi connectivity index (χ3v) is 3.40. The molecular formula is C13H17N5O2S. The highest BCUT2D eigenvalue weighted by Crippen LogP contribution is 2.20. The minimum Gasteiger partial charge on any atom is -0.381 e. The summed E-state index contributed by atoms with van der Waals surface area (Å²) in [6.45, 7) is 4.78. The molecule has 0 aliphatic heterocycles. The largest absolute Gasteiger partial charge is 0.381 e. The summed E-state index contributed by atoms with van der Waals surface area (Å²) in [4.78, 5) is 11.1. The minimum atomic E-state index is -0.116. The summed E-state index contributed by atoms with van der Waals surface area (Å²) in [5, 5.41) is 15.1. The Hall–Kier alpha value is -1.93. The summed E-state index contributed by atoms with van der Waals surface area (Å²) in [6.07, 6.45) is 0. The van der Waals surface area contributed by atoms with Gasteiger partial charge in [-0.25, -0.2) is 0 Å². The van der Waals surface area contributed by atoms with Crippen molar-refractivity contribution in [3.8, 4) is 5.69 Å². The Labute approximate surface area is 127 Å². The molecule has 0 bridgehead atoms. The summed E-state index contributed by atoms with van der Waals surface area (Å²) in [7, 11) is 0. The van der Waals surface area contributed by atoms with E-state index in [2.05, 4.69) is 20.8 Å². The zero-order valence-electron chi connectivity index (χ0n) is 11.9.